The van der Waals surface area contributed by atoms with Gasteiger partial charge in [-0.05, 0) is 18.6 Å². The Hall–Kier alpha value is -1.49. The van der Waals surface area contributed by atoms with Crippen LogP contribution in [0.25, 0.3) is 0 Å². The van der Waals surface area contributed by atoms with Crippen LogP contribution in [0, 0.1) is 18.6 Å². The number of hydrogen-bond acceptors (Lipinski definition) is 2. The summed E-state index contributed by atoms with van der Waals surface area (Å²) >= 11 is 0. The van der Waals surface area contributed by atoms with Gasteiger partial charge in [0.15, 0.2) is 0 Å². The van der Waals surface area contributed by atoms with Gasteiger partial charge in [-0.15, -0.1) is 0 Å². The number of aryl methyl sites for hydroxylation is 1. The van der Waals surface area contributed by atoms with E-state index in [0.717, 1.165) is 12.1 Å². The zero-order valence-electron chi connectivity index (χ0n) is 7.60. The summed E-state index contributed by atoms with van der Waals surface area (Å²) in [6.45, 7) is 1.17. The summed E-state index contributed by atoms with van der Waals surface area (Å²) in [5.41, 5.74) is 5.01. The summed E-state index contributed by atoms with van der Waals surface area (Å²) in [6.07, 6.45) is 0. The minimum Gasteiger partial charge on any atom is -0.322 e. The predicted molar refractivity (Wildman–Crippen MR) is 48.8 cm³/mol. The number of anilines is 1. The quantitative estimate of drug-likeness (QED) is 0.752. The lowest BCUT2D eigenvalue weighted by Gasteiger charge is -2.06. The molecule has 0 unspecified atom stereocenters. The molecule has 0 aliphatic heterocycles. The SMILES string of the molecule is Cc1cc(F)c(NC(=O)CN)cc1F. The van der Waals surface area contributed by atoms with Crippen LogP contribution >= 0.6 is 0 Å². The molecule has 0 aliphatic carbocycles. The van der Waals surface area contributed by atoms with Crippen molar-refractivity contribution in [3.05, 3.63) is 29.3 Å². The zero-order chi connectivity index (χ0) is 10.7. The van der Waals surface area contributed by atoms with Crippen LogP contribution < -0.4 is 11.1 Å². The van der Waals surface area contributed by atoms with Crippen molar-refractivity contribution in [1.29, 1.82) is 0 Å². The lowest BCUT2D eigenvalue weighted by molar-refractivity contribution is -0.114. The average Bonchev–Trinajstić information content (AvgIpc) is 2.14. The van der Waals surface area contributed by atoms with Crippen LogP contribution in [0.3, 0.4) is 0 Å². The minimum absolute atomic E-state index is 0.188. The highest BCUT2D eigenvalue weighted by Crippen LogP contribution is 2.18. The summed E-state index contributed by atoms with van der Waals surface area (Å²) in [4.78, 5) is 10.8. The number of halogens is 2. The van der Waals surface area contributed by atoms with Crippen LogP contribution in [-0.2, 0) is 4.79 Å². The third kappa shape index (κ3) is 2.26. The molecule has 14 heavy (non-hydrogen) atoms. The normalized spacial score (nSPS) is 10.0. The summed E-state index contributed by atoms with van der Waals surface area (Å²) in [5, 5.41) is 2.15. The first kappa shape index (κ1) is 10.6. The number of nitrogens with one attached hydrogen (secondary N) is 1. The van der Waals surface area contributed by atoms with Gasteiger partial charge >= 0.3 is 0 Å². The fraction of sp³-hybridized carbons (Fsp3) is 0.222. The van der Waals surface area contributed by atoms with E-state index in [0.29, 0.717) is 0 Å². The van der Waals surface area contributed by atoms with Gasteiger partial charge in [0, 0.05) is 6.07 Å². The number of hydrogen-bond donors (Lipinski definition) is 2. The van der Waals surface area contributed by atoms with Crippen molar-refractivity contribution in [3.63, 3.8) is 0 Å². The van der Waals surface area contributed by atoms with E-state index in [-0.39, 0.29) is 17.8 Å². The van der Waals surface area contributed by atoms with Crippen LogP contribution in [0.2, 0.25) is 0 Å². The Balaban J connectivity index is 2.98. The van der Waals surface area contributed by atoms with Gasteiger partial charge in [0.2, 0.25) is 5.91 Å². The maximum absolute atomic E-state index is 13.1. The molecule has 5 heteroatoms. The van der Waals surface area contributed by atoms with Gasteiger partial charge in [-0.2, -0.15) is 0 Å². The van der Waals surface area contributed by atoms with E-state index in [2.05, 4.69) is 5.32 Å². The van der Waals surface area contributed by atoms with Crippen LogP contribution in [-0.4, -0.2) is 12.5 Å². The van der Waals surface area contributed by atoms with Gasteiger partial charge in [0.25, 0.3) is 0 Å². The van der Waals surface area contributed by atoms with Crippen LogP contribution in [0.5, 0.6) is 0 Å². The smallest absolute Gasteiger partial charge is 0.238 e. The monoisotopic (exact) mass is 200 g/mol. The third-order valence-electron chi connectivity index (χ3n) is 1.71. The highest BCUT2D eigenvalue weighted by Gasteiger charge is 2.08. The molecule has 0 fully saturated rings. The first-order valence-electron chi connectivity index (χ1n) is 4.00. The van der Waals surface area contributed by atoms with Crippen LogP contribution in [0.4, 0.5) is 14.5 Å². The molecule has 0 aliphatic rings. The second-order valence-corrected chi connectivity index (χ2v) is 2.83. The van der Waals surface area contributed by atoms with E-state index < -0.39 is 17.5 Å². The first-order chi connectivity index (χ1) is 6.54. The molecule has 0 aromatic heterocycles. The number of nitrogens with two attached hydrogens (primary N) is 1. The fourth-order valence-corrected chi connectivity index (χ4v) is 0.943. The van der Waals surface area contributed by atoms with Crippen molar-refractivity contribution in [3.8, 4) is 0 Å². The van der Waals surface area contributed by atoms with E-state index in [9.17, 15) is 13.6 Å². The van der Waals surface area contributed by atoms with Crippen molar-refractivity contribution in [2.24, 2.45) is 5.73 Å². The Labute approximate surface area is 79.9 Å². The molecule has 3 N–H and O–H groups in total. The zero-order valence-corrected chi connectivity index (χ0v) is 7.60. The van der Waals surface area contributed by atoms with Crippen LogP contribution in [0.15, 0.2) is 12.1 Å². The van der Waals surface area contributed by atoms with Gasteiger partial charge in [0.1, 0.15) is 11.6 Å². The molecular formula is C9H10F2N2O. The van der Waals surface area contributed by atoms with Gasteiger partial charge in [-0.3, -0.25) is 4.79 Å². The Morgan fingerprint density at radius 3 is 2.64 bits per heavy atom. The Morgan fingerprint density at radius 1 is 1.43 bits per heavy atom. The third-order valence-corrected chi connectivity index (χ3v) is 1.71. The van der Waals surface area contributed by atoms with Gasteiger partial charge in [-0.25, -0.2) is 8.78 Å². The lowest BCUT2D eigenvalue weighted by Crippen LogP contribution is -2.22. The molecule has 1 rings (SSSR count). The molecule has 0 saturated heterocycles. The number of carbonyl (C=O) groups excluding carboxylic acids is 1. The second kappa shape index (κ2) is 4.15. The molecule has 1 amide bonds. The van der Waals surface area contributed by atoms with Gasteiger partial charge < -0.3 is 11.1 Å². The van der Waals surface area contributed by atoms with Crippen molar-refractivity contribution >= 4 is 11.6 Å². The molecule has 0 radical (unpaired) electrons. The lowest BCUT2D eigenvalue weighted by atomic mass is 10.2. The van der Waals surface area contributed by atoms with E-state index in [4.69, 9.17) is 5.73 Å². The van der Waals surface area contributed by atoms with E-state index >= 15 is 0 Å². The molecule has 0 saturated carbocycles. The minimum atomic E-state index is -0.675. The largest absolute Gasteiger partial charge is 0.322 e. The van der Waals surface area contributed by atoms with Crippen molar-refractivity contribution < 1.29 is 13.6 Å². The fourth-order valence-electron chi connectivity index (χ4n) is 0.943. The summed E-state index contributed by atoms with van der Waals surface area (Å²) < 4.78 is 26.1. The molecule has 3 nitrogen and oxygen atoms in total. The van der Waals surface area contributed by atoms with Crippen molar-refractivity contribution in [2.45, 2.75) is 6.92 Å². The van der Waals surface area contributed by atoms with E-state index in [1.807, 2.05) is 0 Å². The van der Waals surface area contributed by atoms with E-state index in [1.54, 1.807) is 0 Å². The number of amides is 1. The first-order valence-corrected chi connectivity index (χ1v) is 4.00. The van der Waals surface area contributed by atoms with Gasteiger partial charge in [0.05, 0.1) is 12.2 Å². The molecule has 0 spiro atoms. The number of benzene rings is 1. The Bertz CT molecular complexity index is 366. The molecule has 0 bridgehead atoms. The molecule has 76 valence electrons. The Kier molecular flexibility index (Phi) is 3.14. The second-order valence-electron chi connectivity index (χ2n) is 2.83. The summed E-state index contributed by atoms with van der Waals surface area (Å²) in [7, 11) is 0. The maximum Gasteiger partial charge on any atom is 0.238 e. The summed E-state index contributed by atoms with van der Waals surface area (Å²) in [6, 6.07) is 1.94. The Morgan fingerprint density at radius 2 is 2.07 bits per heavy atom. The average molecular weight is 200 g/mol. The van der Waals surface area contributed by atoms with E-state index in [1.165, 1.54) is 6.92 Å². The molecule has 1 aromatic rings. The number of carbonyl (C=O) groups is 1. The summed E-state index contributed by atoms with van der Waals surface area (Å²) in [5.74, 6) is -1.81. The van der Waals surface area contributed by atoms with Crippen molar-refractivity contribution in [2.75, 3.05) is 11.9 Å². The molecule has 0 atom stereocenters. The topological polar surface area (TPSA) is 55.1 Å². The van der Waals surface area contributed by atoms with Crippen LogP contribution in [0.1, 0.15) is 5.56 Å². The molecule has 0 heterocycles. The van der Waals surface area contributed by atoms with Crippen molar-refractivity contribution in [1.82, 2.24) is 0 Å². The standard InChI is InChI=1S/C9H10F2N2O/c1-5-2-7(11)8(3-6(5)10)13-9(14)4-12/h2-3H,4,12H2,1H3,(H,13,14). The highest BCUT2D eigenvalue weighted by atomic mass is 19.1. The maximum atomic E-state index is 13.1. The molecule has 1 aromatic carbocycles. The van der Waals surface area contributed by atoms with Gasteiger partial charge in [-0.1, -0.05) is 0 Å². The number of rotatable bonds is 2. The predicted octanol–water partition coefficient (Wildman–Crippen LogP) is 1.17. The highest BCUT2D eigenvalue weighted by molar-refractivity contribution is 5.92. The molecular weight excluding hydrogens is 190 g/mol.